The Hall–Kier alpha value is -0.720. The Balaban J connectivity index is 0.00000176. The van der Waals surface area contributed by atoms with Crippen molar-refractivity contribution in [2.45, 2.75) is 36.6 Å². The SMILES string of the molecule is Cl.O=C(NCC1(c2ccccc2Br)CC1)C1CC(F)(F)CN1. The Labute approximate surface area is 142 Å². The number of carbonyl (C=O) groups is 1. The molecule has 2 aliphatic rings. The van der Waals surface area contributed by atoms with E-state index in [-0.39, 0.29) is 23.7 Å². The molecule has 1 aliphatic carbocycles. The second kappa shape index (κ2) is 6.42. The fourth-order valence-corrected chi connectivity index (χ4v) is 3.57. The highest BCUT2D eigenvalue weighted by Crippen LogP contribution is 2.49. The first kappa shape index (κ1) is 17.6. The molecule has 1 heterocycles. The Morgan fingerprint density at radius 3 is 2.59 bits per heavy atom. The van der Waals surface area contributed by atoms with Gasteiger partial charge in [0.15, 0.2) is 0 Å². The Kier molecular flexibility index (Phi) is 5.14. The van der Waals surface area contributed by atoms with E-state index in [0.29, 0.717) is 6.54 Å². The van der Waals surface area contributed by atoms with E-state index in [1.165, 1.54) is 5.56 Å². The first-order valence-electron chi connectivity index (χ1n) is 7.06. The standard InChI is InChI=1S/C15H17BrF2N2O.ClH/c16-11-4-2-1-3-10(11)14(5-6-14)8-20-13(21)12-7-15(17,18)9-19-12;/h1-4,12,19H,5-9H2,(H,20,21);1H. The van der Waals surface area contributed by atoms with Crippen LogP contribution in [0.1, 0.15) is 24.8 Å². The van der Waals surface area contributed by atoms with E-state index >= 15 is 0 Å². The molecular formula is C15H18BrClF2N2O. The number of rotatable bonds is 4. The van der Waals surface area contributed by atoms with Crippen molar-refractivity contribution < 1.29 is 13.6 Å². The molecule has 1 aliphatic heterocycles. The summed E-state index contributed by atoms with van der Waals surface area (Å²) in [6, 6.07) is 7.17. The van der Waals surface area contributed by atoms with Crippen molar-refractivity contribution in [2.75, 3.05) is 13.1 Å². The van der Waals surface area contributed by atoms with E-state index < -0.39 is 24.9 Å². The normalized spacial score (nSPS) is 24.4. The van der Waals surface area contributed by atoms with Gasteiger partial charge in [0.1, 0.15) is 0 Å². The zero-order valence-electron chi connectivity index (χ0n) is 11.9. The molecule has 0 aromatic heterocycles. The third-order valence-corrected chi connectivity index (χ3v) is 5.02. The lowest BCUT2D eigenvalue weighted by molar-refractivity contribution is -0.123. The summed E-state index contributed by atoms with van der Waals surface area (Å²) in [7, 11) is 0. The number of halogens is 4. The van der Waals surface area contributed by atoms with Gasteiger partial charge >= 0.3 is 0 Å². The second-order valence-electron chi connectivity index (χ2n) is 5.97. The highest BCUT2D eigenvalue weighted by Gasteiger charge is 2.47. The topological polar surface area (TPSA) is 41.1 Å². The molecule has 0 radical (unpaired) electrons. The molecule has 3 rings (SSSR count). The minimum Gasteiger partial charge on any atom is -0.354 e. The van der Waals surface area contributed by atoms with Gasteiger partial charge in [0.25, 0.3) is 5.92 Å². The zero-order valence-corrected chi connectivity index (χ0v) is 14.3. The summed E-state index contributed by atoms with van der Waals surface area (Å²) in [5.41, 5.74) is 1.13. The Morgan fingerprint density at radius 1 is 1.36 bits per heavy atom. The molecule has 1 atom stereocenters. The number of hydrogen-bond donors (Lipinski definition) is 2. The lowest BCUT2D eigenvalue weighted by Crippen LogP contribution is -2.43. The first-order valence-corrected chi connectivity index (χ1v) is 7.85. The van der Waals surface area contributed by atoms with Gasteiger partial charge in [-0.2, -0.15) is 0 Å². The van der Waals surface area contributed by atoms with Crippen LogP contribution in [0, 0.1) is 0 Å². The number of carbonyl (C=O) groups excluding carboxylic acids is 1. The van der Waals surface area contributed by atoms with Gasteiger partial charge in [-0.15, -0.1) is 12.4 Å². The second-order valence-corrected chi connectivity index (χ2v) is 6.83. The van der Waals surface area contributed by atoms with Gasteiger partial charge < -0.3 is 5.32 Å². The lowest BCUT2D eigenvalue weighted by atomic mass is 9.96. The molecule has 22 heavy (non-hydrogen) atoms. The van der Waals surface area contributed by atoms with Crippen LogP contribution in [0.2, 0.25) is 0 Å². The van der Waals surface area contributed by atoms with Gasteiger partial charge in [0.2, 0.25) is 5.91 Å². The van der Waals surface area contributed by atoms with Crippen molar-refractivity contribution >= 4 is 34.2 Å². The summed E-state index contributed by atoms with van der Waals surface area (Å²) in [6.07, 6.45) is 1.59. The largest absolute Gasteiger partial charge is 0.354 e. The molecule has 0 bridgehead atoms. The van der Waals surface area contributed by atoms with Crippen molar-refractivity contribution in [2.24, 2.45) is 0 Å². The van der Waals surface area contributed by atoms with Gasteiger partial charge in [0, 0.05) is 22.9 Å². The predicted molar refractivity (Wildman–Crippen MR) is 86.7 cm³/mol. The number of alkyl halides is 2. The molecule has 2 fully saturated rings. The van der Waals surface area contributed by atoms with Crippen LogP contribution in [-0.4, -0.2) is 31.0 Å². The Morgan fingerprint density at radius 2 is 2.05 bits per heavy atom. The van der Waals surface area contributed by atoms with Crippen LogP contribution in [0.5, 0.6) is 0 Å². The smallest absolute Gasteiger partial charge is 0.262 e. The molecular weight excluding hydrogens is 378 g/mol. The van der Waals surface area contributed by atoms with E-state index in [4.69, 9.17) is 0 Å². The average molecular weight is 396 g/mol. The molecule has 1 amide bonds. The van der Waals surface area contributed by atoms with Crippen LogP contribution in [0.15, 0.2) is 28.7 Å². The first-order chi connectivity index (χ1) is 9.92. The highest BCUT2D eigenvalue weighted by molar-refractivity contribution is 9.10. The maximum Gasteiger partial charge on any atom is 0.262 e. The summed E-state index contributed by atoms with van der Waals surface area (Å²) in [5.74, 6) is -3.10. The maximum atomic E-state index is 13.1. The van der Waals surface area contributed by atoms with Crippen molar-refractivity contribution in [3.05, 3.63) is 34.3 Å². The van der Waals surface area contributed by atoms with Crippen LogP contribution >= 0.6 is 28.3 Å². The van der Waals surface area contributed by atoms with Crippen molar-refractivity contribution in [1.29, 1.82) is 0 Å². The van der Waals surface area contributed by atoms with Crippen LogP contribution < -0.4 is 10.6 Å². The zero-order chi connectivity index (χ0) is 15.1. The summed E-state index contributed by atoms with van der Waals surface area (Å²) in [4.78, 5) is 12.0. The van der Waals surface area contributed by atoms with Crippen LogP contribution in [0.25, 0.3) is 0 Å². The summed E-state index contributed by atoms with van der Waals surface area (Å²) < 4.78 is 27.3. The van der Waals surface area contributed by atoms with Crippen molar-refractivity contribution in [3.8, 4) is 0 Å². The van der Waals surface area contributed by atoms with Crippen LogP contribution in [0.4, 0.5) is 8.78 Å². The maximum absolute atomic E-state index is 13.1. The van der Waals surface area contributed by atoms with Gasteiger partial charge in [-0.1, -0.05) is 34.1 Å². The third kappa shape index (κ3) is 3.60. The van der Waals surface area contributed by atoms with Crippen molar-refractivity contribution in [1.82, 2.24) is 10.6 Å². The van der Waals surface area contributed by atoms with Gasteiger partial charge in [-0.05, 0) is 24.5 Å². The molecule has 1 aromatic carbocycles. The van der Waals surface area contributed by atoms with Crippen LogP contribution in [0.3, 0.4) is 0 Å². The van der Waals surface area contributed by atoms with E-state index in [1.54, 1.807) is 0 Å². The molecule has 0 spiro atoms. The number of nitrogens with one attached hydrogen (secondary N) is 2. The van der Waals surface area contributed by atoms with Gasteiger partial charge in [-0.25, -0.2) is 8.78 Å². The lowest BCUT2D eigenvalue weighted by Gasteiger charge is -2.19. The fourth-order valence-electron chi connectivity index (χ4n) is 2.86. The highest BCUT2D eigenvalue weighted by atomic mass is 79.9. The van der Waals surface area contributed by atoms with E-state index in [2.05, 4.69) is 26.6 Å². The van der Waals surface area contributed by atoms with E-state index in [0.717, 1.165) is 17.3 Å². The molecule has 1 unspecified atom stereocenters. The van der Waals surface area contributed by atoms with E-state index in [9.17, 15) is 13.6 Å². The van der Waals surface area contributed by atoms with Crippen molar-refractivity contribution in [3.63, 3.8) is 0 Å². The number of amides is 1. The summed E-state index contributed by atoms with van der Waals surface area (Å²) in [5, 5.41) is 5.42. The quantitative estimate of drug-likeness (QED) is 0.823. The third-order valence-electron chi connectivity index (χ3n) is 4.33. The van der Waals surface area contributed by atoms with Gasteiger partial charge in [0.05, 0.1) is 12.6 Å². The molecule has 3 nitrogen and oxygen atoms in total. The predicted octanol–water partition coefficient (Wildman–Crippen LogP) is 3.02. The minimum absolute atomic E-state index is 0. The fraction of sp³-hybridized carbons (Fsp3) is 0.533. The minimum atomic E-state index is -2.78. The number of hydrogen-bond acceptors (Lipinski definition) is 2. The molecule has 1 saturated carbocycles. The Bertz CT molecular complexity index is 566. The molecule has 7 heteroatoms. The average Bonchev–Trinajstić information content (AvgIpc) is 3.14. The molecule has 2 N–H and O–H groups in total. The monoisotopic (exact) mass is 394 g/mol. The molecule has 1 aromatic rings. The summed E-state index contributed by atoms with van der Waals surface area (Å²) >= 11 is 3.54. The van der Waals surface area contributed by atoms with Crippen LogP contribution in [-0.2, 0) is 10.2 Å². The van der Waals surface area contributed by atoms with E-state index in [1.807, 2.05) is 24.3 Å². The molecule has 122 valence electrons. The molecule has 1 saturated heterocycles. The van der Waals surface area contributed by atoms with Gasteiger partial charge in [-0.3, -0.25) is 10.1 Å². The summed E-state index contributed by atoms with van der Waals surface area (Å²) in [6.45, 7) is 0.0820. The number of benzene rings is 1.